The molecule has 0 aliphatic heterocycles. The van der Waals surface area contributed by atoms with Gasteiger partial charge in [0, 0.05) is 17.7 Å². The van der Waals surface area contributed by atoms with Crippen LogP contribution in [0.2, 0.25) is 0 Å². The highest BCUT2D eigenvalue weighted by Crippen LogP contribution is 2.41. The van der Waals surface area contributed by atoms with Crippen LogP contribution in [0.15, 0.2) is 59.6 Å². The minimum absolute atomic E-state index is 0.00795. The van der Waals surface area contributed by atoms with Crippen LogP contribution in [0.5, 0.6) is 0 Å². The lowest BCUT2D eigenvalue weighted by Gasteiger charge is -2.28. The number of thioether (sulfide) groups is 1. The highest BCUT2D eigenvalue weighted by Gasteiger charge is 2.26. The van der Waals surface area contributed by atoms with Crippen molar-refractivity contribution in [3.63, 3.8) is 0 Å². The quantitative estimate of drug-likeness (QED) is 0.196. The van der Waals surface area contributed by atoms with Crippen LogP contribution in [0.1, 0.15) is 52.0 Å². The molecule has 0 bridgehead atoms. The molecule has 0 atom stereocenters. The fraction of sp³-hybridized carbons (Fsp3) is 0.469. The molecule has 0 amide bonds. The van der Waals surface area contributed by atoms with E-state index in [0.717, 1.165) is 59.6 Å². The van der Waals surface area contributed by atoms with E-state index in [1.54, 1.807) is 11.8 Å². The maximum atomic E-state index is 11.9. The first-order chi connectivity index (χ1) is 18.7. The van der Waals surface area contributed by atoms with Gasteiger partial charge in [-0.2, -0.15) is 10.4 Å². The summed E-state index contributed by atoms with van der Waals surface area (Å²) in [5, 5.41) is 15.6. The fourth-order valence-electron chi connectivity index (χ4n) is 5.10. The predicted octanol–water partition coefficient (Wildman–Crippen LogP) is 7.31. The molecule has 39 heavy (non-hydrogen) atoms. The van der Waals surface area contributed by atoms with Gasteiger partial charge < -0.3 is 9.47 Å². The summed E-state index contributed by atoms with van der Waals surface area (Å²) < 4.78 is 13.2. The van der Waals surface area contributed by atoms with Crippen LogP contribution >= 0.6 is 11.8 Å². The van der Waals surface area contributed by atoms with Crippen LogP contribution in [0.4, 0.5) is 0 Å². The van der Waals surface area contributed by atoms with Crippen LogP contribution in [0.3, 0.4) is 0 Å². The standard InChI is InChI=1S/C32H39N3O3S/c1-23-10-16-27(17-11-23)30-29(26-8-6-5-7-9-26)31(39-19-18-33)35(34-30)20-24-12-14-25(15-13-24)21-37-22-28(36)38-32(2,3)4/h5-11,16-17,24-25H,12-15,19-22H2,1-4H3. The molecule has 1 aliphatic rings. The molecule has 1 fully saturated rings. The number of nitriles is 1. The van der Waals surface area contributed by atoms with Crippen molar-refractivity contribution in [3.8, 4) is 28.5 Å². The van der Waals surface area contributed by atoms with Gasteiger partial charge in [-0.15, -0.1) is 0 Å². The number of esters is 1. The third-order valence-corrected chi connectivity index (χ3v) is 7.92. The summed E-state index contributed by atoms with van der Waals surface area (Å²) in [6, 6.07) is 21.2. The summed E-state index contributed by atoms with van der Waals surface area (Å²) in [6.07, 6.45) is 4.31. The van der Waals surface area contributed by atoms with Gasteiger partial charge in [0.15, 0.2) is 0 Å². The maximum Gasteiger partial charge on any atom is 0.332 e. The van der Waals surface area contributed by atoms with Gasteiger partial charge in [-0.25, -0.2) is 4.79 Å². The molecule has 4 rings (SSSR count). The van der Waals surface area contributed by atoms with Crippen molar-refractivity contribution in [1.82, 2.24) is 9.78 Å². The largest absolute Gasteiger partial charge is 0.458 e. The molecule has 3 aromatic rings. The highest BCUT2D eigenvalue weighted by atomic mass is 32.2. The summed E-state index contributed by atoms with van der Waals surface area (Å²) in [7, 11) is 0. The van der Waals surface area contributed by atoms with Crippen molar-refractivity contribution in [2.24, 2.45) is 11.8 Å². The Labute approximate surface area is 236 Å². The summed E-state index contributed by atoms with van der Waals surface area (Å²) in [6.45, 7) is 9.10. The second-order valence-corrected chi connectivity index (χ2v) is 12.3. The van der Waals surface area contributed by atoms with E-state index >= 15 is 0 Å². The number of hydrogen-bond acceptors (Lipinski definition) is 6. The van der Waals surface area contributed by atoms with E-state index in [0.29, 0.717) is 24.2 Å². The lowest BCUT2D eigenvalue weighted by atomic mass is 9.82. The zero-order valence-corrected chi connectivity index (χ0v) is 24.3. The molecular weight excluding hydrogens is 506 g/mol. The monoisotopic (exact) mass is 545 g/mol. The van der Waals surface area contributed by atoms with Crippen molar-refractivity contribution in [2.45, 2.75) is 70.6 Å². The van der Waals surface area contributed by atoms with E-state index in [1.165, 1.54) is 5.56 Å². The van der Waals surface area contributed by atoms with Crippen molar-refractivity contribution in [1.29, 1.82) is 5.26 Å². The van der Waals surface area contributed by atoms with Crippen molar-refractivity contribution in [2.75, 3.05) is 19.0 Å². The van der Waals surface area contributed by atoms with Crippen LogP contribution < -0.4 is 0 Å². The number of nitrogens with zero attached hydrogens (tertiary/aromatic N) is 3. The van der Waals surface area contributed by atoms with E-state index in [4.69, 9.17) is 14.6 Å². The van der Waals surface area contributed by atoms with E-state index < -0.39 is 5.60 Å². The van der Waals surface area contributed by atoms with E-state index in [1.807, 2.05) is 26.8 Å². The summed E-state index contributed by atoms with van der Waals surface area (Å²) >= 11 is 1.57. The maximum absolute atomic E-state index is 11.9. The van der Waals surface area contributed by atoms with E-state index in [9.17, 15) is 10.1 Å². The molecule has 0 radical (unpaired) electrons. The van der Waals surface area contributed by atoms with Gasteiger partial charge in [-0.1, -0.05) is 71.9 Å². The number of hydrogen-bond donors (Lipinski definition) is 0. The van der Waals surface area contributed by atoms with Gasteiger partial charge in [-0.05, 0) is 70.8 Å². The Morgan fingerprint density at radius 3 is 2.33 bits per heavy atom. The third-order valence-electron chi connectivity index (χ3n) is 6.96. The number of rotatable bonds is 10. The topological polar surface area (TPSA) is 77.1 Å². The Bertz CT molecular complexity index is 1260. The van der Waals surface area contributed by atoms with Crippen molar-refractivity contribution in [3.05, 3.63) is 60.2 Å². The molecule has 6 nitrogen and oxygen atoms in total. The van der Waals surface area contributed by atoms with Gasteiger partial charge in [0.1, 0.15) is 22.9 Å². The SMILES string of the molecule is Cc1ccc(-c2nn(CC3CCC(COCC(=O)OC(C)(C)C)CC3)c(SCC#N)c2-c2ccccc2)cc1. The first kappa shape index (κ1) is 28.9. The molecule has 206 valence electrons. The molecule has 2 aromatic carbocycles. The first-order valence-corrected chi connectivity index (χ1v) is 14.7. The molecule has 0 spiro atoms. The normalized spacial score (nSPS) is 17.5. The second-order valence-electron chi connectivity index (χ2n) is 11.4. The average Bonchev–Trinajstić information content (AvgIpc) is 3.26. The Morgan fingerprint density at radius 2 is 1.69 bits per heavy atom. The molecule has 0 saturated heterocycles. The molecule has 1 saturated carbocycles. The Hall–Kier alpha value is -3.08. The predicted molar refractivity (Wildman–Crippen MR) is 156 cm³/mol. The van der Waals surface area contributed by atoms with E-state index in [-0.39, 0.29) is 12.6 Å². The van der Waals surface area contributed by atoms with Crippen LogP contribution in [-0.4, -0.2) is 40.3 Å². The summed E-state index contributed by atoms with van der Waals surface area (Å²) in [4.78, 5) is 11.9. The highest BCUT2D eigenvalue weighted by molar-refractivity contribution is 7.99. The Balaban J connectivity index is 1.47. The van der Waals surface area contributed by atoms with Crippen LogP contribution in [0, 0.1) is 30.1 Å². The van der Waals surface area contributed by atoms with Crippen LogP contribution in [-0.2, 0) is 20.8 Å². The van der Waals surface area contributed by atoms with Crippen LogP contribution in [0.25, 0.3) is 22.4 Å². The number of carbonyl (C=O) groups is 1. The first-order valence-electron chi connectivity index (χ1n) is 13.8. The Morgan fingerprint density at radius 1 is 1.03 bits per heavy atom. The van der Waals surface area contributed by atoms with Gasteiger partial charge in [-0.3, -0.25) is 4.68 Å². The molecule has 0 N–H and O–H groups in total. The molecule has 1 aliphatic carbocycles. The van der Waals surface area contributed by atoms with Crippen molar-refractivity contribution >= 4 is 17.7 Å². The minimum atomic E-state index is -0.491. The molecule has 1 heterocycles. The fourth-order valence-corrected chi connectivity index (χ4v) is 5.93. The summed E-state index contributed by atoms with van der Waals surface area (Å²) in [5.74, 6) is 1.02. The molecule has 7 heteroatoms. The minimum Gasteiger partial charge on any atom is -0.458 e. The van der Waals surface area contributed by atoms with Gasteiger partial charge in [0.05, 0.1) is 18.4 Å². The number of ether oxygens (including phenoxy) is 2. The average molecular weight is 546 g/mol. The third kappa shape index (κ3) is 8.20. The molecule has 0 unspecified atom stereocenters. The number of aryl methyl sites for hydroxylation is 1. The lowest BCUT2D eigenvalue weighted by Crippen LogP contribution is -2.28. The zero-order chi connectivity index (χ0) is 27.8. The number of aromatic nitrogens is 2. The number of benzene rings is 2. The zero-order valence-electron chi connectivity index (χ0n) is 23.5. The van der Waals surface area contributed by atoms with Gasteiger partial charge >= 0.3 is 5.97 Å². The molecule has 1 aromatic heterocycles. The van der Waals surface area contributed by atoms with E-state index in [2.05, 4.69) is 66.2 Å². The summed E-state index contributed by atoms with van der Waals surface area (Å²) in [5.41, 5.74) is 4.99. The lowest BCUT2D eigenvalue weighted by molar-refractivity contribution is -0.160. The number of carbonyl (C=O) groups excluding carboxylic acids is 1. The smallest absolute Gasteiger partial charge is 0.332 e. The second kappa shape index (κ2) is 13.3. The molecular formula is C32H39N3O3S. The van der Waals surface area contributed by atoms with Gasteiger partial charge in [0.25, 0.3) is 0 Å². The van der Waals surface area contributed by atoms with Crippen molar-refractivity contribution < 1.29 is 14.3 Å². The van der Waals surface area contributed by atoms with Gasteiger partial charge in [0.2, 0.25) is 0 Å². The Kier molecular flexibility index (Phi) is 9.88.